The molecule has 0 aromatic rings. The number of alkyl halides is 1. The highest BCUT2D eigenvalue weighted by atomic mass is 19.1. The van der Waals surface area contributed by atoms with Crippen molar-refractivity contribution in [2.75, 3.05) is 7.11 Å². The summed E-state index contributed by atoms with van der Waals surface area (Å²) in [5.74, 6) is 0. The van der Waals surface area contributed by atoms with Gasteiger partial charge in [-0.25, -0.2) is 4.39 Å². The Labute approximate surface area is 30.7 Å². The van der Waals surface area contributed by atoms with E-state index in [9.17, 15) is 4.39 Å². The molecule has 0 radical (unpaired) electrons. The Morgan fingerprint density at radius 3 is 2.00 bits per heavy atom. The SMILES string of the molecule is COC(C)F. The van der Waals surface area contributed by atoms with E-state index in [2.05, 4.69) is 4.74 Å². The monoisotopic (exact) mass is 78.0 g/mol. The largest absolute Gasteiger partial charge is 0.352 e. The molecule has 0 aliphatic rings. The summed E-state index contributed by atoms with van der Waals surface area (Å²) in [7, 11) is 1.32. The van der Waals surface area contributed by atoms with Gasteiger partial charge < -0.3 is 4.74 Å². The average molecular weight is 78.1 g/mol. The minimum atomic E-state index is -1.12. The lowest BCUT2D eigenvalue weighted by Gasteiger charge is -1.90. The summed E-state index contributed by atoms with van der Waals surface area (Å²) in [4.78, 5) is 0. The minimum absolute atomic E-state index is 1.12. The van der Waals surface area contributed by atoms with Crippen LogP contribution in [0.15, 0.2) is 0 Å². The van der Waals surface area contributed by atoms with Gasteiger partial charge in [-0.15, -0.1) is 0 Å². The predicted molar refractivity (Wildman–Crippen MR) is 17.6 cm³/mol. The van der Waals surface area contributed by atoms with Gasteiger partial charge in [0.05, 0.1) is 0 Å². The topological polar surface area (TPSA) is 9.23 Å². The molecule has 2 heteroatoms. The lowest BCUT2D eigenvalue weighted by atomic mass is 10.8. The van der Waals surface area contributed by atoms with E-state index in [4.69, 9.17) is 0 Å². The average Bonchev–Trinajstić information content (AvgIpc) is 1.38. The smallest absolute Gasteiger partial charge is 0.195 e. The maximum Gasteiger partial charge on any atom is 0.195 e. The Hall–Kier alpha value is -0.110. The van der Waals surface area contributed by atoms with Crippen molar-refractivity contribution < 1.29 is 9.13 Å². The Kier molecular flexibility index (Phi) is 2.10. The summed E-state index contributed by atoms with van der Waals surface area (Å²) >= 11 is 0. The van der Waals surface area contributed by atoms with Crippen LogP contribution in [0.5, 0.6) is 0 Å². The van der Waals surface area contributed by atoms with Crippen LogP contribution in [0.25, 0.3) is 0 Å². The van der Waals surface area contributed by atoms with Crippen molar-refractivity contribution in [2.45, 2.75) is 13.3 Å². The van der Waals surface area contributed by atoms with Crippen molar-refractivity contribution in [1.29, 1.82) is 0 Å². The van der Waals surface area contributed by atoms with E-state index in [1.54, 1.807) is 0 Å². The molecule has 0 bridgehead atoms. The van der Waals surface area contributed by atoms with E-state index in [0.717, 1.165) is 0 Å². The molecule has 0 aromatic heterocycles. The number of hydrogen-bond acceptors (Lipinski definition) is 1. The summed E-state index contributed by atoms with van der Waals surface area (Å²) < 4.78 is 15.3. The molecule has 0 N–H and O–H groups in total. The number of halogens is 1. The fraction of sp³-hybridized carbons (Fsp3) is 1.00. The van der Waals surface area contributed by atoms with Crippen LogP contribution in [0.4, 0.5) is 4.39 Å². The highest BCUT2D eigenvalue weighted by Crippen LogP contribution is 1.82. The third kappa shape index (κ3) is 3.89. The number of rotatable bonds is 1. The van der Waals surface area contributed by atoms with Crippen molar-refractivity contribution >= 4 is 0 Å². The van der Waals surface area contributed by atoms with Gasteiger partial charge >= 0.3 is 0 Å². The van der Waals surface area contributed by atoms with E-state index in [0.29, 0.717) is 0 Å². The van der Waals surface area contributed by atoms with Crippen LogP contribution in [0, 0.1) is 0 Å². The van der Waals surface area contributed by atoms with Crippen molar-refractivity contribution in [2.24, 2.45) is 0 Å². The molecule has 0 fully saturated rings. The molecule has 0 amide bonds. The van der Waals surface area contributed by atoms with Crippen LogP contribution >= 0.6 is 0 Å². The summed E-state index contributed by atoms with van der Waals surface area (Å²) in [5.41, 5.74) is 0. The highest BCUT2D eigenvalue weighted by molar-refractivity contribution is 4.12. The first-order valence-electron chi connectivity index (χ1n) is 1.44. The molecule has 0 heterocycles. The van der Waals surface area contributed by atoms with E-state index < -0.39 is 6.36 Å². The van der Waals surface area contributed by atoms with Gasteiger partial charge in [0.25, 0.3) is 0 Å². The van der Waals surface area contributed by atoms with Crippen molar-refractivity contribution in [3.05, 3.63) is 0 Å². The summed E-state index contributed by atoms with van der Waals surface area (Å²) in [6, 6.07) is 0. The Balaban J connectivity index is 2.54. The zero-order valence-corrected chi connectivity index (χ0v) is 3.36. The molecule has 1 atom stereocenters. The van der Waals surface area contributed by atoms with Crippen LogP contribution in [0.2, 0.25) is 0 Å². The van der Waals surface area contributed by atoms with Crippen LogP contribution in [-0.4, -0.2) is 13.5 Å². The Morgan fingerprint density at radius 1 is 1.80 bits per heavy atom. The number of hydrogen-bond donors (Lipinski definition) is 0. The van der Waals surface area contributed by atoms with Crippen LogP contribution in [-0.2, 0) is 4.74 Å². The molecule has 0 rings (SSSR count). The van der Waals surface area contributed by atoms with Gasteiger partial charge in [-0.3, -0.25) is 0 Å². The van der Waals surface area contributed by atoms with Gasteiger partial charge in [0.2, 0.25) is 0 Å². The van der Waals surface area contributed by atoms with Gasteiger partial charge in [-0.05, 0) is 6.92 Å². The van der Waals surface area contributed by atoms with E-state index in [-0.39, 0.29) is 0 Å². The molecule has 1 nitrogen and oxygen atoms in total. The summed E-state index contributed by atoms with van der Waals surface area (Å²) in [6.07, 6.45) is -1.12. The Bertz CT molecular complexity index is 20.9. The molecule has 0 aliphatic carbocycles. The number of methoxy groups -OCH3 is 1. The zero-order chi connectivity index (χ0) is 4.28. The lowest BCUT2D eigenvalue weighted by Crippen LogP contribution is -1.91. The third-order valence-corrected chi connectivity index (χ3v) is 0.325. The van der Waals surface area contributed by atoms with Gasteiger partial charge in [-0.1, -0.05) is 0 Å². The van der Waals surface area contributed by atoms with Crippen LogP contribution in [0.1, 0.15) is 6.92 Å². The van der Waals surface area contributed by atoms with Gasteiger partial charge in [0, 0.05) is 7.11 Å². The van der Waals surface area contributed by atoms with Gasteiger partial charge in [0.15, 0.2) is 6.36 Å². The first-order chi connectivity index (χ1) is 2.27. The van der Waals surface area contributed by atoms with Crippen LogP contribution in [0.3, 0.4) is 0 Å². The zero-order valence-electron chi connectivity index (χ0n) is 3.36. The fourth-order valence-corrected chi connectivity index (χ4v) is 0. The quantitative estimate of drug-likeness (QED) is 0.453. The van der Waals surface area contributed by atoms with Crippen molar-refractivity contribution in [1.82, 2.24) is 0 Å². The van der Waals surface area contributed by atoms with E-state index in [1.165, 1.54) is 14.0 Å². The number of ether oxygens (including phenoxy) is 1. The second-order valence-electron chi connectivity index (χ2n) is 0.779. The minimum Gasteiger partial charge on any atom is -0.352 e. The summed E-state index contributed by atoms with van der Waals surface area (Å²) in [6.45, 7) is 1.33. The third-order valence-electron chi connectivity index (χ3n) is 0.325. The van der Waals surface area contributed by atoms with E-state index >= 15 is 0 Å². The molecule has 32 valence electrons. The van der Waals surface area contributed by atoms with Crippen molar-refractivity contribution in [3.63, 3.8) is 0 Å². The first kappa shape index (κ1) is 4.89. The van der Waals surface area contributed by atoms with Gasteiger partial charge in [-0.2, -0.15) is 0 Å². The molecule has 0 saturated heterocycles. The van der Waals surface area contributed by atoms with Crippen molar-refractivity contribution in [3.8, 4) is 0 Å². The molecule has 0 aliphatic heterocycles. The molecular weight excluding hydrogens is 71.0 g/mol. The molecular formula is C3H7FO. The van der Waals surface area contributed by atoms with Gasteiger partial charge in [0.1, 0.15) is 0 Å². The maximum absolute atomic E-state index is 11.2. The van der Waals surface area contributed by atoms with E-state index in [1.807, 2.05) is 0 Å². The lowest BCUT2D eigenvalue weighted by molar-refractivity contribution is 0.0113. The molecule has 0 saturated carbocycles. The Morgan fingerprint density at radius 2 is 2.00 bits per heavy atom. The van der Waals surface area contributed by atoms with Crippen LogP contribution < -0.4 is 0 Å². The molecule has 0 spiro atoms. The predicted octanol–water partition coefficient (Wildman–Crippen LogP) is 0.948. The second kappa shape index (κ2) is 2.15. The maximum atomic E-state index is 11.2. The molecule has 0 aromatic carbocycles. The molecule has 5 heavy (non-hydrogen) atoms. The second-order valence-corrected chi connectivity index (χ2v) is 0.779. The first-order valence-corrected chi connectivity index (χ1v) is 1.44. The standard InChI is InChI=1S/C3H7FO/c1-3(4)5-2/h3H,1-2H3. The highest BCUT2D eigenvalue weighted by Gasteiger charge is 1.84. The fourth-order valence-electron chi connectivity index (χ4n) is 0. The molecule has 1 unspecified atom stereocenters. The summed E-state index contributed by atoms with van der Waals surface area (Å²) in [5, 5.41) is 0. The normalized spacial score (nSPS) is 15.0.